The van der Waals surface area contributed by atoms with Crippen LogP contribution in [0.2, 0.25) is 0 Å². The summed E-state index contributed by atoms with van der Waals surface area (Å²) in [6, 6.07) is 3.12. The van der Waals surface area contributed by atoms with Crippen molar-refractivity contribution in [2.75, 3.05) is 18.5 Å². The number of halogens is 3. The van der Waals surface area contributed by atoms with Crippen molar-refractivity contribution >= 4 is 11.7 Å². The number of hydrogen-bond donors (Lipinski definition) is 2. The van der Waals surface area contributed by atoms with Crippen LogP contribution in [0.3, 0.4) is 0 Å². The van der Waals surface area contributed by atoms with Crippen molar-refractivity contribution < 1.29 is 27.4 Å². The van der Waals surface area contributed by atoms with Gasteiger partial charge in [-0.2, -0.15) is 10.2 Å². The molecule has 11 heteroatoms. The molecule has 1 aliphatic heterocycles. The van der Waals surface area contributed by atoms with E-state index < -0.39 is 18.9 Å². The van der Waals surface area contributed by atoms with Gasteiger partial charge in [0.05, 0.1) is 24.1 Å². The fraction of sp³-hybridized carbons (Fsp3) is 0.533. The summed E-state index contributed by atoms with van der Waals surface area (Å²) in [7, 11) is 1.53. The summed E-state index contributed by atoms with van der Waals surface area (Å²) >= 11 is 0. The molecule has 3 heterocycles. The van der Waals surface area contributed by atoms with Crippen LogP contribution in [0.4, 0.5) is 19.0 Å². The summed E-state index contributed by atoms with van der Waals surface area (Å²) in [6.07, 6.45) is -2.94. The number of nitrogens with one attached hydrogen (secondary N) is 2. The van der Waals surface area contributed by atoms with Gasteiger partial charge in [0.15, 0.2) is 5.82 Å². The van der Waals surface area contributed by atoms with Gasteiger partial charge in [0.1, 0.15) is 5.69 Å². The Morgan fingerprint density at radius 1 is 1.50 bits per heavy atom. The number of nitrogens with zero attached hydrogens (tertiary/aromatic N) is 3. The Labute approximate surface area is 146 Å². The summed E-state index contributed by atoms with van der Waals surface area (Å²) in [4.78, 5) is 12.3. The highest BCUT2D eigenvalue weighted by atomic mass is 19.4. The molecule has 0 spiro atoms. The lowest BCUT2D eigenvalue weighted by molar-refractivity contribution is -0.324. The number of carbonyl (C=O) groups is 1. The zero-order valence-corrected chi connectivity index (χ0v) is 14.0. The maximum Gasteiger partial charge on any atom is 0.522 e. The lowest BCUT2D eigenvalue weighted by atomic mass is 10.2. The fourth-order valence-corrected chi connectivity index (χ4v) is 2.70. The van der Waals surface area contributed by atoms with Crippen molar-refractivity contribution in [3.63, 3.8) is 0 Å². The number of aryl methyl sites for hydroxylation is 1. The molecule has 1 fully saturated rings. The van der Waals surface area contributed by atoms with Gasteiger partial charge >= 0.3 is 6.36 Å². The molecule has 0 bridgehead atoms. The van der Waals surface area contributed by atoms with Crippen molar-refractivity contribution in [3.8, 4) is 0 Å². The van der Waals surface area contributed by atoms with Crippen LogP contribution in [0.5, 0.6) is 0 Å². The van der Waals surface area contributed by atoms with Crippen LogP contribution in [0, 0.1) is 0 Å². The first-order valence-corrected chi connectivity index (χ1v) is 8.04. The molecule has 0 aliphatic carbocycles. The monoisotopic (exact) mass is 373 g/mol. The molecule has 1 amide bonds. The van der Waals surface area contributed by atoms with Gasteiger partial charge in [-0.3, -0.25) is 19.3 Å². The minimum absolute atomic E-state index is 0.0508. The number of carbonyl (C=O) groups excluding carboxylic acids is 1. The number of alkyl halides is 3. The van der Waals surface area contributed by atoms with Gasteiger partial charge < -0.3 is 10.1 Å². The zero-order chi connectivity index (χ0) is 18.7. The first-order valence-electron chi connectivity index (χ1n) is 8.04. The van der Waals surface area contributed by atoms with E-state index in [2.05, 4.69) is 25.3 Å². The molecule has 8 nitrogen and oxygen atoms in total. The first-order chi connectivity index (χ1) is 12.3. The number of amides is 1. The van der Waals surface area contributed by atoms with Gasteiger partial charge in [0, 0.05) is 26.1 Å². The maximum atomic E-state index is 12.3. The highest BCUT2D eigenvalue weighted by Gasteiger charge is 2.29. The third-order valence-electron chi connectivity index (χ3n) is 3.90. The molecule has 26 heavy (non-hydrogen) atoms. The Morgan fingerprint density at radius 3 is 3.00 bits per heavy atom. The average molecular weight is 373 g/mol. The minimum atomic E-state index is -4.68. The van der Waals surface area contributed by atoms with Gasteiger partial charge in [-0.25, -0.2) is 0 Å². The van der Waals surface area contributed by atoms with Crippen LogP contribution in [0.15, 0.2) is 12.1 Å². The quantitative estimate of drug-likeness (QED) is 0.811. The van der Waals surface area contributed by atoms with Gasteiger partial charge in [-0.15, -0.1) is 13.2 Å². The Bertz CT molecular complexity index is 765. The highest BCUT2D eigenvalue weighted by molar-refractivity contribution is 6.02. The predicted molar refractivity (Wildman–Crippen MR) is 83.4 cm³/mol. The van der Waals surface area contributed by atoms with Gasteiger partial charge in [-0.05, 0) is 18.9 Å². The molecular weight excluding hydrogens is 355 g/mol. The van der Waals surface area contributed by atoms with Crippen LogP contribution in [0.1, 0.15) is 40.8 Å². The highest BCUT2D eigenvalue weighted by Crippen LogP contribution is 2.28. The molecule has 3 rings (SSSR count). The van der Waals surface area contributed by atoms with Crippen molar-refractivity contribution in [1.82, 2.24) is 20.0 Å². The van der Waals surface area contributed by atoms with E-state index in [-0.39, 0.29) is 18.2 Å². The molecular formula is C15H18F3N5O3. The normalized spacial score (nSPS) is 17.6. The largest absolute Gasteiger partial charge is 0.522 e. The van der Waals surface area contributed by atoms with Gasteiger partial charge in [0.25, 0.3) is 5.91 Å². The van der Waals surface area contributed by atoms with Crippen LogP contribution in [-0.2, 0) is 22.9 Å². The summed E-state index contributed by atoms with van der Waals surface area (Å²) in [5, 5.41) is 13.5. The molecule has 2 aromatic rings. The SMILES string of the molecule is Cn1nc(CCOC(F)(F)F)cc1C(=O)Nc1cc([C@H]2CCCO2)[nH]n1. The number of rotatable bonds is 6. The Morgan fingerprint density at radius 2 is 2.31 bits per heavy atom. The summed E-state index contributed by atoms with van der Waals surface area (Å²) in [6.45, 7) is 0.132. The van der Waals surface area contributed by atoms with Crippen molar-refractivity contribution in [2.45, 2.75) is 31.7 Å². The van der Waals surface area contributed by atoms with Crippen LogP contribution in [-0.4, -0.2) is 45.5 Å². The van der Waals surface area contributed by atoms with E-state index in [1.807, 2.05) is 0 Å². The van der Waals surface area contributed by atoms with E-state index in [1.54, 1.807) is 6.07 Å². The smallest absolute Gasteiger partial charge is 0.372 e. The van der Waals surface area contributed by atoms with E-state index in [4.69, 9.17) is 4.74 Å². The second-order valence-corrected chi connectivity index (χ2v) is 5.85. The Kier molecular flexibility index (Phi) is 5.28. The molecule has 1 atom stereocenters. The lowest BCUT2D eigenvalue weighted by Crippen LogP contribution is -2.16. The number of aromatic nitrogens is 4. The van der Waals surface area contributed by atoms with Crippen LogP contribution in [0.25, 0.3) is 0 Å². The number of H-pyrrole nitrogens is 1. The van der Waals surface area contributed by atoms with Crippen molar-refractivity contribution in [1.29, 1.82) is 0 Å². The second kappa shape index (κ2) is 7.46. The third kappa shape index (κ3) is 4.61. The van der Waals surface area contributed by atoms with E-state index in [0.29, 0.717) is 18.1 Å². The number of ether oxygens (including phenoxy) is 2. The lowest BCUT2D eigenvalue weighted by Gasteiger charge is -2.05. The Hall–Kier alpha value is -2.40. The molecule has 2 N–H and O–H groups in total. The van der Waals surface area contributed by atoms with Gasteiger partial charge in [0.2, 0.25) is 0 Å². The van der Waals surface area contributed by atoms with Crippen LogP contribution >= 0.6 is 0 Å². The first kappa shape index (κ1) is 18.4. The minimum Gasteiger partial charge on any atom is -0.372 e. The molecule has 142 valence electrons. The van der Waals surface area contributed by atoms with E-state index in [9.17, 15) is 18.0 Å². The van der Waals surface area contributed by atoms with E-state index >= 15 is 0 Å². The van der Waals surface area contributed by atoms with Gasteiger partial charge in [-0.1, -0.05) is 0 Å². The summed E-state index contributed by atoms with van der Waals surface area (Å²) < 4.78 is 46.5. The summed E-state index contributed by atoms with van der Waals surface area (Å²) in [5.74, 6) is -0.128. The number of hydrogen-bond acceptors (Lipinski definition) is 5. The average Bonchev–Trinajstić information content (AvgIpc) is 3.26. The summed E-state index contributed by atoms with van der Waals surface area (Å²) in [5.41, 5.74) is 1.31. The molecule has 1 saturated heterocycles. The maximum absolute atomic E-state index is 12.3. The second-order valence-electron chi connectivity index (χ2n) is 5.85. The molecule has 2 aromatic heterocycles. The molecule has 0 unspecified atom stereocenters. The molecule has 0 aromatic carbocycles. The Balaban J connectivity index is 1.59. The predicted octanol–water partition coefficient (Wildman–Crippen LogP) is 2.33. The topological polar surface area (TPSA) is 94.1 Å². The van der Waals surface area contributed by atoms with E-state index in [0.717, 1.165) is 18.5 Å². The molecule has 1 aliphatic rings. The van der Waals surface area contributed by atoms with Crippen LogP contribution < -0.4 is 5.32 Å². The van der Waals surface area contributed by atoms with Crippen molar-refractivity contribution in [2.24, 2.45) is 7.05 Å². The third-order valence-corrected chi connectivity index (χ3v) is 3.90. The number of anilines is 1. The van der Waals surface area contributed by atoms with Crippen molar-refractivity contribution in [3.05, 3.63) is 29.2 Å². The standard InChI is InChI=1S/C15H18F3N5O3/c1-23-11(7-9(22-23)4-6-26-15(16,17)18)14(24)19-13-8-10(20-21-13)12-3-2-5-25-12/h7-8,12H,2-6H2,1H3,(H2,19,20,21,24)/t12-/m1/s1. The van der Waals surface area contributed by atoms with E-state index in [1.165, 1.54) is 17.8 Å². The zero-order valence-electron chi connectivity index (χ0n) is 14.0. The fourth-order valence-electron chi connectivity index (χ4n) is 2.70. The molecule has 0 saturated carbocycles. The molecule has 0 radical (unpaired) electrons. The number of aromatic amines is 1.